The zero-order chi connectivity index (χ0) is 20.8. The summed E-state index contributed by atoms with van der Waals surface area (Å²) in [6.07, 6.45) is 0. The topological polar surface area (TPSA) is 89.2 Å². The summed E-state index contributed by atoms with van der Waals surface area (Å²) in [6, 6.07) is 14.6. The Balaban J connectivity index is 1.77. The first kappa shape index (κ1) is 19.1. The van der Waals surface area contributed by atoms with Gasteiger partial charge in [-0.2, -0.15) is 9.61 Å². The lowest BCUT2D eigenvalue weighted by atomic mass is 10.1. The predicted molar refractivity (Wildman–Crippen MR) is 112 cm³/mol. The van der Waals surface area contributed by atoms with Gasteiger partial charge in [-0.15, -0.1) is 10.2 Å². The van der Waals surface area contributed by atoms with E-state index in [1.165, 1.54) is 0 Å². The Kier molecular flexibility index (Phi) is 4.58. The number of fused-ring (bicyclic) bond motifs is 1. The number of nitrogens with one attached hydrogen (secondary N) is 1. The molecular formula is C21H21N5O2S. The molecule has 0 aliphatic rings. The predicted octanol–water partition coefficient (Wildman–Crippen LogP) is 3.83. The Morgan fingerprint density at radius 3 is 2.41 bits per heavy atom. The molecule has 2 aromatic heterocycles. The van der Waals surface area contributed by atoms with Gasteiger partial charge in [0.15, 0.2) is 11.5 Å². The summed E-state index contributed by atoms with van der Waals surface area (Å²) in [5.74, 6) is 0.665. The molecule has 1 N–H and O–H groups in total. The zero-order valence-electron chi connectivity index (χ0n) is 16.6. The molecule has 148 valence electrons. The average Bonchev–Trinajstić information content (AvgIpc) is 3.05. The van der Waals surface area contributed by atoms with Gasteiger partial charge < -0.3 is 0 Å². The number of sulfonamides is 1. The van der Waals surface area contributed by atoms with Crippen LogP contribution < -0.4 is 4.72 Å². The highest BCUT2D eigenvalue weighted by molar-refractivity contribution is 7.92. The van der Waals surface area contributed by atoms with E-state index in [0.717, 1.165) is 11.1 Å². The van der Waals surface area contributed by atoms with E-state index in [2.05, 4.69) is 20.0 Å². The first-order valence-corrected chi connectivity index (χ1v) is 10.6. The van der Waals surface area contributed by atoms with Crippen molar-refractivity contribution in [2.45, 2.75) is 32.6 Å². The Hall–Kier alpha value is -3.26. The fraction of sp³-hybridized carbons (Fsp3) is 0.190. The van der Waals surface area contributed by atoms with Crippen LogP contribution in [0.15, 0.2) is 53.4 Å². The first-order valence-electron chi connectivity index (χ1n) is 9.15. The minimum atomic E-state index is -3.76. The third kappa shape index (κ3) is 3.58. The van der Waals surface area contributed by atoms with E-state index in [4.69, 9.17) is 0 Å². The monoisotopic (exact) mass is 407 g/mol. The molecule has 0 spiro atoms. The van der Waals surface area contributed by atoms with Crippen LogP contribution in [0.3, 0.4) is 0 Å². The van der Waals surface area contributed by atoms with Gasteiger partial charge >= 0.3 is 0 Å². The molecule has 0 aliphatic carbocycles. The molecule has 0 radical (unpaired) electrons. The van der Waals surface area contributed by atoms with E-state index in [-0.39, 0.29) is 4.90 Å². The Bertz CT molecular complexity index is 1340. The summed E-state index contributed by atoms with van der Waals surface area (Å²) in [7, 11) is -3.76. The van der Waals surface area contributed by atoms with E-state index in [0.29, 0.717) is 34.0 Å². The molecule has 0 atom stereocenters. The van der Waals surface area contributed by atoms with Crippen LogP contribution in [-0.2, 0) is 10.0 Å². The van der Waals surface area contributed by atoms with Crippen molar-refractivity contribution in [1.29, 1.82) is 0 Å². The highest BCUT2D eigenvalue weighted by atomic mass is 32.2. The number of hydrogen-bond acceptors (Lipinski definition) is 5. The maximum absolute atomic E-state index is 13.1. The first-order chi connectivity index (χ1) is 13.7. The summed E-state index contributed by atoms with van der Waals surface area (Å²) >= 11 is 0. The summed E-state index contributed by atoms with van der Waals surface area (Å²) in [5.41, 5.74) is 5.07. The second-order valence-corrected chi connectivity index (χ2v) is 8.79. The minimum absolute atomic E-state index is 0.221. The van der Waals surface area contributed by atoms with Gasteiger partial charge in [0.25, 0.3) is 10.0 Å². The summed E-state index contributed by atoms with van der Waals surface area (Å²) in [5, 5.41) is 12.6. The van der Waals surface area contributed by atoms with Gasteiger partial charge in [-0.3, -0.25) is 4.72 Å². The van der Waals surface area contributed by atoms with Crippen LogP contribution in [0.5, 0.6) is 0 Å². The quantitative estimate of drug-likeness (QED) is 0.555. The number of nitrogens with zero attached hydrogens (tertiary/aromatic N) is 4. The number of anilines is 1. The molecule has 0 unspecified atom stereocenters. The normalized spacial score (nSPS) is 11.7. The van der Waals surface area contributed by atoms with Gasteiger partial charge in [0.05, 0.1) is 16.3 Å². The minimum Gasteiger partial charge on any atom is -0.279 e. The van der Waals surface area contributed by atoms with Crippen LogP contribution in [0.2, 0.25) is 0 Å². The summed E-state index contributed by atoms with van der Waals surface area (Å²) in [4.78, 5) is 0.221. The van der Waals surface area contributed by atoms with Crippen LogP contribution in [0.25, 0.3) is 16.9 Å². The molecule has 0 saturated heterocycles. The van der Waals surface area contributed by atoms with Crippen LogP contribution >= 0.6 is 0 Å². The lowest BCUT2D eigenvalue weighted by Gasteiger charge is -2.14. The van der Waals surface area contributed by atoms with Crippen molar-refractivity contribution in [3.63, 3.8) is 0 Å². The van der Waals surface area contributed by atoms with Gasteiger partial charge in [-0.25, -0.2) is 8.42 Å². The summed E-state index contributed by atoms with van der Waals surface area (Å²) in [6.45, 7) is 7.40. The van der Waals surface area contributed by atoms with Crippen LogP contribution in [0.4, 0.5) is 5.69 Å². The highest BCUT2D eigenvalue weighted by Crippen LogP contribution is 2.27. The third-order valence-corrected chi connectivity index (χ3v) is 6.34. The smallest absolute Gasteiger partial charge is 0.262 e. The number of aryl methyl sites for hydroxylation is 4. The van der Waals surface area contributed by atoms with E-state index in [1.54, 1.807) is 23.6 Å². The molecule has 8 heteroatoms. The lowest BCUT2D eigenvalue weighted by Crippen LogP contribution is -2.15. The molecule has 0 aliphatic heterocycles. The molecule has 29 heavy (non-hydrogen) atoms. The largest absolute Gasteiger partial charge is 0.279 e. The second kappa shape index (κ2) is 6.97. The van der Waals surface area contributed by atoms with Crippen molar-refractivity contribution in [2.24, 2.45) is 0 Å². The third-order valence-electron chi connectivity index (χ3n) is 4.83. The van der Waals surface area contributed by atoms with Crippen molar-refractivity contribution in [3.8, 4) is 11.3 Å². The molecule has 4 aromatic rings. The Morgan fingerprint density at radius 2 is 1.62 bits per heavy atom. The molecule has 0 fully saturated rings. The van der Waals surface area contributed by atoms with Gasteiger partial charge in [0, 0.05) is 5.56 Å². The second-order valence-electron chi connectivity index (χ2n) is 7.14. The van der Waals surface area contributed by atoms with Crippen LogP contribution in [0.1, 0.15) is 22.5 Å². The van der Waals surface area contributed by atoms with Crippen LogP contribution in [0, 0.1) is 27.7 Å². The Morgan fingerprint density at radius 1 is 0.862 bits per heavy atom. The SMILES string of the molecule is Cc1ccc(C)c(NS(=O)(=O)c2cc(-c3ccc4nnc(C)n4n3)ccc2C)c1. The van der Waals surface area contributed by atoms with E-state index in [1.807, 2.05) is 57.2 Å². The maximum Gasteiger partial charge on any atom is 0.262 e. The molecular weight excluding hydrogens is 386 g/mol. The lowest BCUT2D eigenvalue weighted by molar-refractivity contribution is 0.600. The molecule has 7 nitrogen and oxygen atoms in total. The standard InChI is InChI=1S/C21H21N5O2S/c1-13-5-6-14(2)19(11-13)25-29(27,28)20-12-17(8-7-15(20)3)18-9-10-21-23-22-16(4)26(21)24-18/h5-12,25H,1-4H3. The van der Waals surface area contributed by atoms with Gasteiger partial charge in [0.2, 0.25) is 0 Å². The number of hydrogen-bond donors (Lipinski definition) is 1. The molecule has 0 saturated carbocycles. The molecule has 2 aromatic carbocycles. The van der Waals surface area contributed by atoms with Crippen molar-refractivity contribution < 1.29 is 8.42 Å². The molecule has 2 heterocycles. The van der Waals surface area contributed by atoms with Crippen molar-refractivity contribution >= 4 is 21.4 Å². The van der Waals surface area contributed by atoms with Crippen molar-refractivity contribution in [3.05, 3.63) is 71.0 Å². The van der Waals surface area contributed by atoms with E-state index in [9.17, 15) is 8.42 Å². The maximum atomic E-state index is 13.1. The van der Waals surface area contributed by atoms with E-state index < -0.39 is 10.0 Å². The van der Waals surface area contributed by atoms with Gasteiger partial charge in [-0.1, -0.05) is 24.3 Å². The number of rotatable bonds is 4. The molecule has 0 amide bonds. The highest BCUT2D eigenvalue weighted by Gasteiger charge is 2.19. The van der Waals surface area contributed by atoms with Crippen molar-refractivity contribution in [1.82, 2.24) is 19.8 Å². The van der Waals surface area contributed by atoms with E-state index >= 15 is 0 Å². The number of benzene rings is 2. The summed E-state index contributed by atoms with van der Waals surface area (Å²) < 4.78 is 30.6. The molecule has 0 bridgehead atoms. The van der Waals surface area contributed by atoms with Gasteiger partial charge in [0.1, 0.15) is 0 Å². The number of aromatic nitrogens is 4. The fourth-order valence-electron chi connectivity index (χ4n) is 3.14. The van der Waals surface area contributed by atoms with Gasteiger partial charge in [-0.05, 0) is 68.7 Å². The Labute approximate surface area is 169 Å². The molecule has 4 rings (SSSR count). The zero-order valence-corrected chi connectivity index (χ0v) is 17.4. The fourth-order valence-corrected chi connectivity index (χ4v) is 4.54. The van der Waals surface area contributed by atoms with Crippen LogP contribution in [-0.4, -0.2) is 28.2 Å². The van der Waals surface area contributed by atoms with Crippen molar-refractivity contribution in [2.75, 3.05) is 4.72 Å². The average molecular weight is 407 g/mol.